The van der Waals surface area contributed by atoms with E-state index in [1.54, 1.807) is 20.8 Å². The molecule has 0 fully saturated rings. The van der Waals surface area contributed by atoms with Crippen LogP contribution in [0.3, 0.4) is 0 Å². The van der Waals surface area contributed by atoms with E-state index in [9.17, 15) is 8.42 Å². The van der Waals surface area contributed by atoms with Gasteiger partial charge in [-0.1, -0.05) is 18.2 Å². The van der Waals surface area contributed by atoms with Gasteiger partial charge in [-0.3, -0.25) is 0 Å². The molecule has 0 amide bonds. The third-order valence-corrected chi connectivity index (χ3v) is 5.61. The number of nitrogens with two attached hydrogens (primary N) is 1. The maximum atomic E-state index is 12.2. The maximum Gasteiger partial charge on any atom is 0.157 e. The molecule has 108 valence electrons. The predicted molar refractivity (Wildman–Crippen MR) is 78.1 cm³/mol. The summed E-state index contributed by atoms with van der Waals surface area (Å²) in [6, 6.07) is 6.73. The fourth-order valence-electron chi connectivity index (χ4n) is 1.65. The van der Waals surface area contributed by atoms with Crippen LogP contribution in [0.15, 0.2) is 24.3 Å². The second-order valence-corrected chi connectivity index (χ2v) is 8.26. The van der Waals surface area contributed by atoms with E-state index in [4.69, 9.17) is 10.5 Å². The van der Waals surface area contributed by atoms with Crippen molar-refractivity contribution in [2.45, 2.75) is 38.5 Å². The van der Waals surface area contributed by atoms with Crippen LogP contribution in [-0.4, -0.2) is 25.5 Å². The molecule has 4 nitrogen and oxygen atoms in total. The number of hydrogen-bond donors (Lipinski definition) is 1. The molecule has 0 bridgehead atoms. The zero-order valence-corrected chi connectivity index (χ0v) is 12.8. The molecule has 0 aliphatic rings. The van der Waals surface area contributed by atoms with E-state index in [1.165, 1.54) is 0 Å². The van der Waals surface area contributed by atoms with Gasteiger partial charge in [-0.05, 0) is 33.8 Å². The molecule has 1 rings (SSSR count). The lowest BCUT2D eigenvalue weighted by atomic mass is 10.1. The van der Waals surface area contributed by atoms with Crippen LogP contribution in [0.1, 0.15) is 39.3 Å². The van der Waals surface area contributed by atoms with Crippen LogP contribution < -0.4 is 10.5 Å². The first-order valence-electron chi connectivity index (χ1n) is 6.38. The summed E-state index contributed by atoms with van der Waals surface area (Å²) in [6.45, 7) is 7.46. The summed E-state index contributed by atoms with van der Waals surface area (Å²) in [7, 11) is -3.26. The van der Waals surface area contributed by atoms with Gasteiger partial charge in [-0.2, -0.15) is 0 Å². The molecule has 0 heterocycles. The zero-order chi connectivity index (χ0) is 14.7. The van der Waals surface area contributed by atoms with E-state index in [0.29, 0.717) is 12.4 Å². The average molecular weight is 285 g/mol. The molecule has 0 saturated carbocycles. The van der Waals surface area contributed by atoms with E-state index in [2.05, 4.69) is 0 Å². The summed E-state index contributed by atoms with van der Waals surface area (Å²) < 4.78 is 29.1. The molecule has 19 heavy (non-hydrogen) atoms. The minimum absolute atomic E-state index is 0.0828. The summed E-state index contributed by atoms with van der Waals surface area (Å²) >= 11 is 0. The van der Waals surface area contributed by atoms with Crippen LogP contribution in [0, 0.1) is 0 Å². The smallest absolute Gasteiger partial charge is 0.157 e. The first-order valence-corrected chi connectivity index (χ1v) is 8.04. The molecule has 0 radical (unpaired) electrons. The van der Waals surface area contributed by atoms with Crippen molar-refractivity contribution in [1.82, 2.24) is 0 Å². The normalized spacial score (nSPS) is 14.2. The highest BCUT2D eigenvalue weighted by atomic mass is 32.2. The van der Waals surface area contributed by atoms with Crippen molar-refractivity contribution in [1.29, 1.82) is 0 Å². The monoisotopic (exact) mass is 285 g/mol. The molecule has 0 aliphatic carbocycles. The number of para-hydroxylation sites is 1. The van der Waals surface area contributed by atoms with E-state index >= 15 is 0 Å². The lowest BCUT2D eigenvalue weighted by Crippen LogP contribution is -2.35. The Morgan fingerprint density at radius 3 is 2.37 bits per heavy atom. The van der Waals surface area contributed by atoms with Gasteiger partial charge in [0.25, 0.3) is 0 Å². The molecule has 1 aromatic rings. The fraction of sp³-hybridized carbons (Fsp3) is 0.571. The van der Waals surface area contributed by atoms with Crippen molar-refractivity contribution in [3.8, 4) is 5.75 Å². The van der Waals surface area contributed by atoms with Crippen molar-refractivity contribution in [2.24, 2.45) is 5.73 Å². The van der Waals surface area contributed by atoms with E-state index in [1.807, 2.05) is 31.2 Å². The van der Waals surface area contributed by atoms with Crippen molar-refractivity contribution in [2.75, 3.05) is 12.4 Å². The summed E-state index contributed by atoms with van der Waals surface area (Å²) in [4.78, 5) is 0. The quantitative estimate of drug-likeness (QED) is 0.901. The third-order valence-electron chi connectivity index (χ3n) is 2.95. The van der Waals surface area contributed by atoms with Gasteiger partial charge in [-0.15, -0.1) is 0 Å². The largest absolute Gasteiger partial charge is 0.494 e. The van der Waals surface area contributed by atoms with E-state index in [-0.39, 0.29) is 5.75 Å². The lowest BCUT2D eigenvalue weighted by molar-refractivity contribution is 0.335. The molecule has 1 aromatic carbocycles. The Morgan fingerprint density at radius 1 is 1.26 bits per heavy atom. The molecule has 2 N–H and O–H groups in total. The highest BCUT2D eigenvalue weighted by molar-refractivity contribution is 7.92. The van der Waals surface area contributed by atoms with Gasteiger partial charge in [0.15, 0.2) is 9.84 Å². The summed E-state index contributed by atoms with van der Waals surface area (Å²) in [5.74, 6) is 0.572. The Labute approximate surface area is 115 Å². The molecule has 0 spiro atoms. The van der Waals surface area contributed by atoms with Crippen LogP contribution in [0.2, 0.25) is 0 Å². The first kappa shape index (κ1) is 16.0. The van der Waals surface area contributed by atoms with E-state index < -0.39 is 20.6 Å². The minimum atomic E-state index is -3.26. The Kier molecular flexibility index (Phi) is 4.98. The maximum absolute atomic E-state index is 12.2. The average Bonchev–Trinajstić information content (AvgIpc) is 2.28. The van der Waals surface area contributed by atoms with Crippen molar-refractivity contribution in [3.63, 3.8) is 0 Å². The fourth-order valence-corrected chi connectivity index (χ4v) is 2.80. The van der Waals surface area contributed by atoms with Crippen LogP contribution in [0.5, 0.6) is 5.75 Å². The molecule has 1 unspecified atom stereocenters. The standard InChI is InChI=1S/C14H23NO3S/c1-5-18-13-9-7-6-8-11(13)12(15)10-19(16,17)14(2,3)4/h6-9,12H,5,10,15H2,1-4H3. The van der Waals surface area contributed by atoms with Gasteiger partial charge >= 0.3 is 0 Å². The van der Waals surface area contributed by atoms with E-state index in [0.717, 1.165) is 5.56 Å². The van der Waals surface area contributed by atoms with Crippen LogP contribution in [0.4, 0.5) is 0 Å². The van der Waals surface area contributed by atoms with Gasteiger partial charge in [0, 0.05) is 11.6 Å². The van der Waals surface area contributed by atoms with Gasteiger partial charge in [-0.25, -0.2) is 8.42 Å². The summed E-state index contributed by atoms with van der Waals surface area (Å²) in [5, 5.41) is 0. The van der Waals surface area contributed by atoms with Crippen molar-refractivity contribution in [3.05, 3.63) is 29.8 Å². The third kappa shape index (κ3) is 3.94. The molecule has 5 heteroatoms. The second-order valence-electron chi connectivity index (χ2n) is 5.47. The predicted octanol–water partition coefficient (Wildman–Crippen LogP) is 2.30. The number of rotatable bonds is 5. The molecule has 0 aliphatic heterocycles. The Balaban J connectivity index is 2.99. The number of hydrogen-bond acceptors (Lipinski definition) is 4. The number of sulfone groups is 1. The van der Waals surface area contributed by atoms with Gasteiger partial charge in [0.2, 0.25) is 0 Å². The Bertz CT molecular complexity index is 518. The van der Waals surface area contributed by atoms with Crippen LogP contribution >= 0.6 is 0 Å². The highest BCUT2D eigenvalue weighted by Crippen LogP contribution is 2.27. The Morgan fingerprint density at radius 2 is 1.84 bits per heavy atom. The second kappa shape index (κ2) is 5.92. The molecule has 0 aromatic heterocycles. The lowest BCUT2D eigenvalue weighted by Gasteiger charge is -2.23. The summed E-state index contributed by atoms with van der Waals surface area (Å²) in [5.41, 5.74) is 6.78. The molecule has 0 saturated heterocycles. The SMILES string of the molecule is CCOc1ccccc1C(N)CS(=O)(=O)C(C)(C)C. The zero-order valence-electron chi connectivity index (χ0n) is 12.0. The van der Waals surface area contributed by atoms with Gasteiger partial charge < -0.3 is 10.5 Å². The minimum Gasteiger partial charge on any atom is -0.494 e. The first-order chi connectivity index (χ1) is 8.69. The van der Waals surface area contributed by atoms with Crippen molar-refractivity contribution >= 4 is 9.84 Å². The van der Waals surface area contributed by atoms with Gasteiger partial charge in [0.1, 0.15) is 5.75 Å². The van der Waals surface area contributed by atoms with Crippen molar-refractivity contribution < 1.29 is 13.2 Å². The molecular weight excluding hydrogens is 262 g/mol. The number of ether oxygens (including phenoxy) is 1. The van der Waals surface area contributed by atoms with Gasteiger partial charge in [0.05, 0.1) is 17.1 Å². The van der Waals surface area contributed by atoms with Crippen LogP contribution in [0.25, 0.3) is 0 Å². The summed E-state index contributed by atoms with van der Waals surface area (Å²) in [6.07, 6.45) is 0. The highest BCUT2D eigenvalue weighted by Gasteiger charge is 2.31. The molecular formula is C14H23NO3S. The van der Waals surface area contributed by atoms with Crippen LogP contribution in [-0.2, 0) is 9.84 Å². The Hall–Kier alpha value is -1.07. The number of benzene rings is 1. The topological polar surface area (TPSA) is 69.4 Å². The molecule has 1 atom stereocenters.